The summed E-state index contributed by atoms with van der Waals surface area (Å²) in [6.45, 7) is 1.69. The number of aryl methyl sites for hydroxylation is 1. The Labute approximate surface area is 85.9 Å². The van der Waals surface area contributed by atoms with Crippen molar-refractivity contribution in [3.63, 3.8) is 0 Å². The molecule has 0 radical (unpaired) electrons. The van der Waals surface area contributed by atoms with Gasteiger partial charge in [0.05, 0.1) is 10.6 Å². The van der Waals surface area contributed by atoms with Gasteiger partial charge in [-0.25, -0.2) is 4.79 Å². The van der Waals surface area contributed by atoms with E-state index in [0.29, 0.717) is 11.3 Å². The molecule has 6 nitrogen and oxygen atoms in total. The molecule has 1 aromatic carbocycles. The van der Waals surface area contributed by atoms with Crippen molar-refractivity contribution in [1.29, 1.82) is 0 Å². The molecule has 1 amide bonds. The van der Waals surface area contributed by atoms with E-state index in [4.69, 9.17) is 5.11 Å². The zero-order valence-corrected chi connectivity index (χ0v) is 8.30. The minimum atomic E-state index is -1.15. The zero-order chi connectivity index (χ0) is 11.6. The van der Waals surface area contributed by atoms with Gasteiger partial charge in [-0.15, -0.1) is 0 Å². The SMILES string of the molecule is Cc1ccc([N+](=O)[O-])cc1N(C)C(=O)O. The van der Waals surface area contributed by atoms with Crippen LogP contribution in [-0.4, -0.2) is 23.2 Å². The molecule has 0 atom stereocenters. The first-order valence-corrected chi connectivity index (χ1v) is 4.15. The van der Waals surface area contributed by atoms with Crippen LogP contribution in [0.2, 0.25) is 0 Å². The van der Waals surface area contributed by atoms with Gasteiger partial charge in [0, 0.05) is 19.2 Å². The molecule has 0 saturated heterocycles. The summed E-state index contributed by atoms with van der Waals surface area (Å²) in [7, 11) is 1.34. The standard InChI is InChI=1S/C9H10N2O4/c1-6-3-4-7(11(14)15)5-8(6)10(2)9(12)13/h3-5H,1-2H3,(H,12,13). The van der Waals surface area contributed by atoms with Gasteiger partial charge in [0.2, 0.25) is 0 Å². The number of nitro benzene ring substituents is 1. The van der Waals surface area contributed by atoms with Gasteiger partial charge in [0.15, 0.2) is 0 Å². The summed E-state index contributed by atoms with van der Waals surface area (Å²) in [6.07, 6.45) is -1.15. The van der Waals surface area contributed by atoms with Crippen LogP contribution in [0.1, 0.15) is 5.56 Å². The van der Waals surface area contributed by atoms with E-state index in [-0.39, 0.29) is 5.69 Å². The van der Waals surface area contributed by atoms with Gasteiger partial charge in [-0.1, -0.05) is 6.07 Å². The lowest BCUT2D eigenvalue weighted by atomic mass is 10.1. The highest BCUT2D eigenvalue weighted by Crippen LogP contribution is 2.24. The van der Waals surface area contributed by atoms with Crippen molar-refractivity contribution >= 4 is 17.5 Å². The second-order valence-corrected chi connectivity index (χ2v) is 3.07. The second-order valence-electron chi connectivity index (χ2n) is 3.07. The Balaban J connectivity index is 3.22. The molecule has 0 saturated carbocycles. The van der Waals surface area contributed by atoms with Crippen molar-refractivity contribution in [3.8, 4) is 0 Å². The molecule has 1 N–H and O–H groups in total. The van der Waals surface area contributed by atoms with Crippen molar-refractivity contribution in [3.05, 3.63) is 33.9 Å². The van der Waals surface area contributed by atoms with Gasteiger partial charge in [-0.05, 0) is 12.5 Å². The number of non-ortho nitro benzene ring substituents is 1. The number of amides is 1. The third-order valence-electron chi connectivity index (χ3n) is 2.05. The molecule has 0 bridgehead atoms. The van der Waals surface area contributed by atoms with Crippen LogP contribution < -0.4 is 4.90 Å². The van der Waals surface area contributed by atoms with Crippen LogP contribution in [0, 0.1) is 17.0 Å². The lowest BCUT2D eigenvalue weighted by Gasteiger charge is -2.15. The molecule has 6 heteroatoms. The number of nitro groups is 1. The van der Waals surface area contributed by atoms with E-state index in [0.717, 1.165) is 4.90 Å². The maximum atomic E-state index is 10.7. The number of anilines is 1. The molecule has 1 aromatic rings. The highest BCUT2D eigenvalue weighted by molar-refractivity contribution is 5.87. The first-order chi connectivity index (χ1) is 6.93. The number of benzene rings is 1. The van der Waals surface area contributed by atoms with Crippen LogP contribution in [0.5, 0.6) is 0 Å². The summed E-state index contributed by atoms with van der Waals surface area (Å²) in [5.74, 6) is 0. The molecule has 0 aliphatic rings. The molecule has 0 aromatic heterocycles. The van der Waals surface area contributed by atoms with Gasteiger partial charge >= 0.3 is 6.09 Å². The fraction of sp³-hybridized carbons (Fsp3) is 0.222. The van der Waals surface area contributed by atoms with E-state index in [1.54, 1.807) is 6.92 Å². The lowest BCUT2D eigenvalue weighted by molar-refractivity contribution is -0.384. The third-order valence-corrected chi connectivity index (χ3v) is 2.05. The minimum absolute atomic E-state index is 0.122. The van der Waals surface area contributed by atoms with E-state index in [2.05, 4.69) is 0 Å². The predicted octanol–water partition coefficient (Wildman–Crippen LogP) is 2.02. The molecule has 15 heavy (non-hydrogen) atoms. The summed E-state index contributed by atoms with van der Waals surface area (Å²) in [5.41, 5.74) is 0.867. The summed E-state index contributed by atoms with van der Waals surface area (Å²) in [6, 6.07) is 4.10. The van der Waals surface area contributed by atoms with Crippen molar-refractivity contribution in [2.45, 2.75) is 6.92 Å². The van der Waals surface area contributed by atoms with Crippen molar-refractivity contribution in [1.82, 2.24) is 0 Å². The maximum absolute atomic E-state index is 10.7. The lowest BCUT2D eigenvalue weighted by Crippen LogP contribution is -2.24. The molecule has 0 aliphatic carbocycles. The van der Waals surface area contributed by atoms with Gasteiger partial charge in [0.1, 0.15) is 0 Å². The summed E-state index contributed by atoms with van der Waals surface area (Å²) in [4.78, 5) is 21.6. The van der Waals surface area contributed by atoms with Crippen molar-refractivity contribution in [2.75, 3.05) is 11.9 Å². The van der Waals surface area contributed by atoms with Crippen LogP contribution in [0.3, 0.4) is 0 Å². The first kappa shape index (κ1) is 11.0. The Bertz CT molecular complexity index is 417. The van der Waals surface area contributed by atoms with E-state index >= 15 is 0 Å². The zero-order valence-electron chi connectivity index (χ0n) is 8.30. The smallest absolute Gasteiger partial charge is 0.411 e. The Morgan fingerprint density at radius 2 is 2.13 bits per heavy atom. The van der Waals surface area contributed by atoms with Crippen LogP contribution in [0.15, 0.2) is 18.2 Å². The Morgan fingerprint density at radius 3 is 2.60 bits per heavy atom. The Morgan fingerprint density at radius 1 is 1.53 bits per heavy atom. The molecule has 0 aliphatic heterocycles. The fourth-order valence-corrected chi connectivity index (χ4v) is 1.18. The minimum Gasteiger partial charge on any atom is -0.465 e. The molecule has 0 heterocycles. The molecule has 80 valence electrons. The summed E-state index contributed by atoms with van der Waals surface area (Å²) < 4.78 is 0. The predicted molar refractivity (Wildman–Crippen MR) is 54.3 cm³/mol. The van der Waals surface area contributed by atoms with Gasteiger partial charge in [-0.3, -0.25) is 15.0 Å². The number of hydrogen-bond acceptors (Lipinski definition) is 3. The second kappa shape index (κ2) is 3.95. The number of rotatable bonds is 2. The molecule has 1 rings (SSSR count). The third kappa shape index (κ3) is 2.22. The number of nitrogens with zero attached hydrogens (tertiary/aromatic N) is 2. The maximum Gasteiger partial charge on any atom is 0.411 e. The molecule has 0 spiro atoms. The highest BCUT2D eigenvalue weighted by atomic mass is 16.6. The monoisotopic (exact) mass is 210 g/mol. The van der Waals surface area contributed by atoms with Gasteiger partial charge in [-0.2, -0.15) is 0 Å². The van der Waals surface area contributed by atoms with E-state index in [1.165, 1.54) is 25.2 Å². The van der Waals surface area contributed by atoms with E-state index in [9.17, 15) is 14.9 Å². The quantitative estimate of drug-likeness (QED) is 0.597. The highest BCUT2D eigenvalue weighted by Gasteiger charge is 2.15. The largest absolute Gasteiger partial charge is 0.465 e. The molecular formula is C9H10N2O4. The molecule has 0 fully saturated rings. The topological polar surface area (TPSA) is 83.7 Å². The summed E-state index contributed by atoms with van der Waals surface area (Å²) in [5, 5.41) is 19.2. The van der Waals surface area contributed by atoms with Crippen LogP contribution in [0.25, 0.3) is 0 Å². The molecular weight excluding hydrogens is 200 g/mol. The number of carbonyl (C=O) groups is 1. The Hall–Kier alpha value is -2.11. The van der Waals surface area contributed by atoms with Crippen LogP contribution >= 0.6 is 0 Å². The number of hydrogen-bond donors (Lipinski definition) is 1. The fourth-order valence-electron chi connectivity index (χ4n) is 1.18. The normalized spacial score (nSPS) is 9.73. The van der Waals surface area contributed by atoms with Crippen molar-refractivity contribution < 1.29 is 14.8 Å². The summed E-state index contributed by atoms with van der Waals surface area (Å²) >= 11 is 0. The molecule has 0 unspecified atom stereocenters. The van der Waals surface area contributed by atoms with Gasteiger partial charge in [0.25, 0.3) is 5.69 Å². The number of carboxylic acid groups (broad SMARTS) is 1. The van der Waals surface area contributed by atoms with Crippen molar-refractivity contribution in [2.24, 2.45) is 0 Å². The van der Waals surface area contributed by atoms with Crippen LogP contribution in [-0.2, 0) is 0 Å². The van der Waals surface area contributed by atoms with E-state index in [1.807, 2.05) is 0 Å². The van der Waals surface area contributed by atoms with Crippen LogP contribution in [0.4, 0.5) is 16.2 Å². The van der Waals surface area contributed by atoms with Gasteiger partial charge < -0.3 is 5.11 Å². The Kier molecular flexibility index (Phi) is 2.89. The van der Waals surface area contributed by atoms with E-state index < -0.39 is 11.0 Å². The average Bonchev–Trinajstić information content (AvgIpc) is 2.16. The first-order valence-electron chi connectivity index (χ1n) is 4.15. The average molecular weight is 210 g/mol.